The van der Waals surface area contributed by atoms with Gasteiger partial charge in [0, 0.05) is 29.9 Å². The van der Waals surface area contributed by atoms with Crippen molar-refractivity contribution in [2.24, 2.45) is 0 Å². The van der Waals surface area contributed by atoms with Gasteiger partial charge in [0.05, 0.1) is 5.56 Å². The first-order valence-corrected chi connectivity index (χ1v) is 9.74. The highest BCUT2D eigenvalue weighted by Crippen LogP contribution is 2.30. The van der Waals surface area contributed by atoms with E-state index in [9.17, 15) is 14.0 Å². The molecule has 0 spiro atoms. The van der Waals surface area contributed by atoms with E-state index >= 15 is 0 Å². The lowest BCUT2D eigenvalue weighted by atomic mass is 10.1. The molecule has 2 aliphatic heterocycles. The molecule has 2 heterocycles. The zero-order valence-electron chi connectivity index (χ0n) is 16.3. The van der Waals surface area contributed by atoms with Gasteiger partial charge in [0.2, 0.25) is 0 Å². The van der Waals surface area contributed by atoms with Crippen LogP contribution in [0.5, 0.6) is 0 Å². The number of nitrogens with one attached hydrogen (secondary N) is 2. The molecule has 2 aromatic carbocycles. The predicted molar refractivity (Wildman–Crippen MR) is 113 cm³/mol. The number of carbonyl (C=O) groups is 2. The highest BCUT2D eigenvalue weighted by molar-refractivity contribution is 6.05. The maximum Gasteiger partial charge on any atom is 0.258 e. The number of anilines is 1. The van der Waals surface area contributed by atoms with Crippen LogP contribution in [0.1, 0.15) is 45.5 Å². The van der Waals surface area contributed by atoms with Crippen LogP contribution in [-0.2, 0) is 0 Å². The summed E-state index contributed by atoms with van der Waals surface area (Å²) in [6.45, 7) is 3.61. The van der Waals surface area contributed by atoms with Crippen LogP contribution >= 0.6 is 12.4 Å². The fraction of sp³-hybridized carbons (Fsp3) is 0.364. The highest BCUT2D eigenvalue weighted by atomic mass is 35.5. The molecule has 7 heteroatoms. The number of nitrogens with zero attached hydrogens (tertiary/aromatic N) is 1. The lowest BCUT2D eigenvalue weighted by Crippen LogP contribution is -2.42. The first-order valence-electron chi connectivity index (χ1n) is 9.74. The Kier molecular flexibility index (Phi) is 6.55. The standard InChI is InChI=1S/C22H24FN3O2.ClH/c1-14-6-7-15(22(28)26-16-8-9-17(26)13-24-11-10-16)12-20(14)25-21(27)18-4-2-3-5-19(18)23;/h2-7,12,16-17,24H,8-11,13H2,1H3,(H,25,27);1H. The number of amides is 2. The number of fused-ring (bicyclic) bond motifs is 2. The minimum atomic E-state index is -0.571. The molecule has 0 saturated carbocycles. The SMILES string of the molecule is Cc1ccc(C(=O)N2C3CCNCC2CC3)cc1NC(=O)c1ccccc1F.Cl. The molecule has 0 aromatic heterocycles. The van der Waals surface area contributed by atoms with Gasteiger partial charge in [-0.25, -0.2) is 4.39 Å². The van der Waals surface area contributed by atoms with Crippen molar-refractivity contribution in [2.45, 2.75) is 38.3 Å². The second-order valence-corrected chi connectivity index (χ2v) is 7.55. The van der Waals surface area contributed by atoms with E-state index in [1.165, 1.54) is 12.1 Å². The minimum Gasteiger partial charge on any atom is -0.331 e. The summed E-state index contributed by atoms with van der Waals surface area (Å²) in [5.41, 5.74) is 1.88. The molecule has 0 radical (unpaired) electrons. The second-order valence-electron chi connectivity index (χ2n) is 7.55. The summed E-state index contributed by atoms with van der Waals surface area (Å²) in [6, 6.07) is 11.7. The molecule has 5 nitrogen and oxygen atoms in total. The Morgan fingerprint density at radius 1 is 1.10 bits per heavy atom. The highest BCUT2D eigenvalue weighted by Gasteiger charge is 2.38. The molecule has 2 bridgehead atoms. The monoisotopic (exact) mass is 417 g/mol. The van der Waals surface area contributed by atoms with E-state index in [2.05, 4.69) is 10.6 Å². The lowest BCUT2D eigenvalue weighted by molar-refractivity contribution is 0.0680. The van der Waals surface area contributed by atoms with Gasteiger partial charge in [0.25, 0.3) is 11.8 Å². The molecule has 2 aliphatic rings. The second kappa shape index (κ2) is 8.93. The molecule has 154 valence electrons. The molecule has 2 saturated heterocycles. The van der Waals surface area contributed by atoms with Crippen LogP contribution in [0.3, 0.4) is 0 Å². The van der Waals surface area contributed by atoms with Gasteiger partial charge in [-0.3, -0.25) is 9.59 Å². The molecular weight excluding hydrogens is 393 g/mol. The van der Waals surface area contributed by atoms with Gasteiger partial charge in [-0.2, -0.15) is 0 Å². The van der Waals surface area contributed by atoms with Crippen LogP contribution in [-0.4, -0.2) is 41.9 Å². The lowest BCUT2D eigenvalue weighted by Gasteiger charge is -2.28. The Balaban J connectivity index is 0.00000240. The van der Waals surface area contributed by atoms with Crippen LogP contribution in [0, 0.1) is 12.7 Å². The molecule has 2 unspecified atom stereocenters. The molecular formula is C22H25ClFN3O2. The van der Waals surface area contributed by atoms with E-state index in [1.807, 2.05) is 17.9 Å². The third-order valence-electron chi connectivity index (χ3n) is 5.74. The van der Waals surface area contributed by atoms with E-state index in [-0.39, 0.29) is 36.0 Å². The number of aryl methyl sites for hydroxylation is 1. The van der Waals surface area contributed by atoms with Crippen molar-refractivity contribution in [2.75, 3.05) is 18.4 Å². The Morgan fingerprint density at radius 3 is 2.66 bits per heavy atom. The zero-order chi connectivity index (χ0) is 19.7. The van der Waals surface area contributed by atoms with E-state index in [4.69, 9.17) is 0 Å². The maximum absolute atomic E-state index is 13.9. The van der Waals surface area contributed by atoms with E-state index in [1.54, 1.807) is 24.3 Å². The molecule has 2 atom stereocenters. The van der Waals surface area contributed by atoms with Crippen molar-refractivity contribution in [3.05, 3.63) is 65.0 Å². The third kappa shape index (κ3) is 4.28. The summed E-state index contributed by atoms with van der Waals surface area (Å²) in [5.74, 6) is -1.10. The fourth-order valence-corrected chi connectivity index (χ4v) is 4.19. The molecule has 2 aromatic rings. The molecule has 2 N–H and O–H groups in total. The average Bonchev–Trinajstić information content (AvgIpc) is 2.95. The van der Waals surface area contributed by atoms with Gasteiger partial charge in [-0.1, -0.05) is 18.2 Å². The van der Waals surface area contributed by atoms with Gasteiger partial charge >= 0.3 is 0 Å². The number of hydrogen-bond donors (Lipinski definition) is 2. The Hall–Kier alpha value is -2.44. The number of hydrogen-bond acceptors (Lipinski definition) is 3. The molecule has 4 rings (SSSR count). The van der Waals surface area contributed by atoms with Crippen molar-refractivity contribution in [3.8, 4) is 0 Å². The number of rotatable bonds is 3. The largest absolute Gasteiger partial charge is 0.331 e. The quantitative estimate of drug-likeness (QED) is 0.799. The predicted octanol–water partition coefficient (Wildman–Crippen LogP) is 3.77. The zero-order valence-corrected chi connectivity index (χ0v) is 17.1. The summed E-state index contributed by atoms with van der Waals surface area (Å²) in [4.78, 5) is 27.7. The summed E-state index contributed by atoms with van der Waals surface area (Å²) in [5, 5.41) is 6.15. The summed E-state index contributed by atoms with van der Waals surface area (Å²) in [7, 11) is 0. The van der Waals surface area contributed by atoms with Crippen LogP contribution in [0.25, 0.3) is 0 Å². The van der Waals surface area contributed by atoms with Crippen LogP contribution in [0.2, 0.25) is 0 Å². The van der Waals surface area contributed by atoms with Gasteiger partial charge < -0.3 is 15.5 Å². The molecule has 2 amide bonds. The van der Waals surface area contributed by atoms with Crippen LogP contribution in [0.4, 0.5) is 10.1 Å². The first kappa shape index (κ1) is 21.3. The van der Waals surface area contributed by atoms with Crippen molar-refractivity contribution < 1.29 is 14.0 Å². The summed E-state index contributed by atoms with van der Waals surface area (Å²) >= 11 is 0. The summed E-state index contributed by atoms with van der Waals surface area (Å²) < 4.78 is 13.9. The van der Waals surface area contributed by atoms with E-state index in [0.29, 0.717) is 11.3 Å². The minimum absolute atomic E-state index is 0. The molecule has 29 heavy (non-hydrogen) atoms. The van der Waals surface area contributed by atoms with Gasteiger partial charge in [0.1, 0.15) is 5.82 Å². The van der Waals surface area contributed by atoms with Crippen molar-refractivity contribution >= 4 is 29.9 Å². The van der Waals surface area contributed by atoms with E-state index < -0.39 is 11.7 Å². The normalized spacial score (nSPS) is 20.6. The van der Waals surface area contributed by atoms with E-state index in [0.717, 1.165) is 37.9 Å². The van der Waals surface area contributed by atoms with Crippen LogP contribution < -0.4 is 10.6 Å². The van der Waals surface area contributed by atoms with Gasteiger partial charge in [0.15, 0.2) is 0 Å². The number of carbonyl (C=O) groups excluding carboxylic acids is 2. The fourth-order valence-electron chi connectivity index (χ4n) is 4.19. The van der Waals surface area contributed by atoms with Crippen molar-refractivity contribution in [1.82, 2.24) is 10.2 Å². The first-order chi connectivity index (χ1) is 13.5. The number of halogens is 2. The summed E-state index contributed by atoms with van der Waals surface area (Å²) in [6.07, 6.45) is 3.03. The third-order valence-corrected chi connectivity index (χ3v) is 5.74. The average molecular weight is 418 g/mol. The Morgan fingerprint density at radius 2 is 1.86 bits per heavy atom. The smallest absolute Gasteiger partial charge is 0.258 e. The molecule has 0 aliphatic carbocycles. The van der Waals surface area contributed by atoms with Gasteiger partial charge in [-0.05, 0) is 62.6 Å². The topological polar surface area (TPSA) is 61.4 Å². The Labute approximate surface area is 176 Å². The van der Waals surface area contributed by atoms with Crippen molar-refractivity contribution in [3.63, 3.8) is 0 Å². The maximum atomic E-state index is 13.9. The van der Waals surface area contributed by atoms with Gasteiger partial charge in [-0.15, -0.1) is 12.4 Å². The molecule has 2 fully saturated rings. The number of benzene rings is 2. The Bertz CT molecular complexity index is 907. The van der Waals surface area contributed by atoms with Crippen LogP contribution in [0.15, 0.2) is 42.5 Å². The van der Waals surface area contributed by atoms with Crippen molar-refractivity contribution in [1.29, 1.82) is 0 Å².